The summed E-state index contributed by atoms with van der Waals surface area (Å²) in [5.41, 5.74) is 1.13. The summed E-state index contributed by atoms with van der Waals surface area (Å²) in [6.45, 7) is 11.9. The van der Waals surface area contributed by atoms with Crippen molar-refractivity contribution in [3.8, 4) is 11.8 Å². The van der Waals surface area contributed by atoms with Gasteiger partial charge in [-0.15, -0.1) is 0 Å². The summed E-state index contributed by atoms with van der Waals surface area (Å²) in [5.74, 6) is -1.03. The molecule has 22 heavy (non-hydrogen) atoms. The molecule has 0 heterocycles. The fourth-order valence-corrected chi connectivity index (χ4v) is 2.19. The van der Waals surface area contributed by atoms with Crippen LogP contribution in [0.4, 0.5) is 0 Å². The maximum Gasteiger partial charge on any atom is 0.346 e. The lowest BCUT2D eigenvalue weighted by atomic mass is 9.78. The van der Waals surface area contributed by atoms with Gasteiger partial charge in [0.25, 0.3) is 0 Å². The molecule has 0 aliphatic carbocycles. The molecule has 0 unspecified atom stereocenters. The standard InChI is InChI=1S/C18H23NO3/c1-17(2,3)13-8-11(7-12(10-19)16(21)22)9-14(15(13)20)18(4,5)6/h7-9,20H,1-6H3,(H,21,22). The van der Waals surface area contributed by atoms with Gasteiger partial charge in [0.2, 0.25) is 0 Å². The molecule has 0 amide bonds. The van der Waals surface area contributed by atoms with Gasteiger partial charge in [0.05, 0.1) is 0 Å². The van der Waals surface area contributed by atoms with Gasteiger partial charge in [-0.3, -0.25) is 0 Å². The first-order valence-corrected chi connectivity index (χ1v) is 7.11. The molecule has 0 aliphatic rings. The van der Waals surface area contributed by atoms with Crippen molar-refractivity contribution in [2.45, 2.75) is 52.4 Å². The van der Waals surface area contributed by atoms with Crippen LogP contribution in [0.15, 0.2) is 17.7 Å². The number of hydrogen-bond acceptors (Lipinski definition) is 3. The minimum atomic E-state index is -1.26. The van der Waals surface area contributed by atoms with Crippen LogP contribution in [0, 0.1) is 11.3 Å². The first-order valence-electron chi connectivity index (χ1n) is 7.11. The van der Waals surface area contributed by atoms with Crippen LogP contribution in [0.25, 0.3) is 6.08 Å². The topological polar surface area (TPSA) is 81.3 Å². The molecule has 0 bridgehead atoms. The average Bonchev–Trinajstić information content (AvgIpc) is 2.34. The third kappa shape index (κ3) is 3.88. The Bertz CT molecular complexity index is 630. The van der Waals surface area contributed by atoms with E-state index in [-0.39, 0.29) is 22.2 Å². The normalized spacial score (nSPS) is 12.9. The van der Waals surface area contributed by atoms with E-state index in [1.807, 2.05) is 41.5 Å². The van der Waals surface area contributed by atoms with Gasteiger partial charge >= 0.3 is 5.97 Å². The maximum atomic E-state index is 11.0. The summed E-state index contributed by atoms with van der Waals surface area (Å²) in [6.07, 6.45) is 1.34. The Morgan fingerprint density at radius 1 is 1.09 bits per heavy atom. The number of carboxylic acids is 1. The lowest BCUT2D eigenvalue weighted by Crippen LogP contribution is -2.17. The fourth-order valence-electron chi connectivity index (χ4n) is 2.19. The number of phenolic OH excluding ortho intramolecular Hbond substituents is 1. The van der Waals surface area contributed by atoms with E-state index in [1.165, 1.54) is 6.08 Å². The van der Waals surface area contributed by atoms with Crippen LogP contribution in [0.3, 0.4) is 0 Å². The van der Waals surface area contributed by atoms with E-state index < -0.39 is 5.97 Å². The SMILES string of the molecule is CC(C)(C)c1cc(C=C(C#N)C(=O)O)cc(C(C)(C)C)c1O. The predicted octanol–water partition coefficient (Wildman–Crippen LogP) is 3.98. The van der Waals surface area contributed by atoms with Crippen molar-refractivity contribution in [1.29, 1.82) is 5.26 Å². The van der Waals surface area contributed by atoms with Crippen molar-refractivity contribution < 1.29 is 15.0 Å². The summed E-state index contributed by atoms with van der Waals surface area (Å²) in [4.78, 5) is 11.0. The van der Waals surface area contributed by atoms with E-state index in [1.54, 1.807) is 18.2 Å². The third-order valence-electron chi connectivity index (χ3n) is 3.41. The van der Waals surface area contributed by atoms with E-state index >= 15 is 0 Å². The average molecular weight is 301 g/mol. The molecule has 0 fully saturated rings. The number of aromatic hydroxyl groups is 1. The highest BCUT2D eigenvalue weighted by molar-refractivity contribution is 5.96. The first kappa shape index (κ1) is 17.8. The lowest BCUT2D eigenvalue weighted by Gasteiger charge is -2.27. The number of nitrogens with zero attached hydrogens (tertiary/aromatic N) is 1. The molecule has 0 saturated carbocycles. The Kier molecular flexibility index (Phi) is 4.72. The number of carbonyl (C=O) groups is 1. The summed E-state index contributed by atoms with van der Waals surface area (Å²) in [6, 6.07) is 5.16. The van der Waals surface area contributed by atoms with Crippen LogP contribution < -0.4 is 0 Å². The number of carboxylic acid groups (broad SMARTS) is 1. The molecule has 1 rings (SSSR count). The summed E-state index contributed by atoms with van der Waals surface area (Å²) < 4.78 is 0. The summed E-state index contributed by atoms with van der Waals surface area (Å²) in [5, 5.41) is 28.5. The van der Waals surface area contributed by atoms with Crippen LogP contribution in [-0.2, 0) is 15.6 Å². The fraction of sp³-hybridized carbons (Fsp3) is 0.444. The Morgan fingerprint density at radius 2 is 1.50 bits per heavy atom. The highest BCUT2D eigenvalue weighted by Gasteiger charge is 2.26. The number of nitriles is 1. The van der Waals surface area contributed by atoms with Crippen LogP contribution in [-0.4, -0.2) is 16.2 Å². The van der Waals surface area contributed by atoms with Gasteiger partial charge in [0.15, 0.2) is 0 Å². The zero-order valence-electron chi connectivity index (χ0n) is 14.0. The van der Waals surface area contributed by atoms with Crippen LogP contribution in [0.2, 0.25) is 0 Å². The lowest BCUT2D eigenvalue weighted by molar-refractivity contribution is -0.132. The highest BCUT2D eigenvalue weighted by atomic mass is 16.4. The van der Waals surface area contributed by atoms with Gasteiger partial charge in [0.1, 0.15) is 17.4 Å². The Balaban J connectivity index is 3.70. The molecule has 0 aliphatic heterocycles. The van der Waals surface area contributed by atoms with E-state index in [0.29, 0.717) is 5.56 Å². The van der Waals surface area contributed by atoms with Crippen molar-refractivity contribution in [3.63, 3.8) is 0 Å². The van der Waals surface area contributed by atoms with E-state index in [4.69, 9.17) is 10.4 Å². The number of hydrogen-bond donors (Lipinski definition) is 2. The summed E-state index contributed by atoms with van der Waals surface area (Å²) >= 11 is 0. The molecule has 0 atom stereocenters. The van der Waals surface area contributed by atoms with Crippen molar-refractivity contribution in [3.05, 3.63) is 34.4 Å². The maximum absolute atomic E-state index is 11.0. The van der Waals surface area contributed by atoms with Crippen molar-refractivity contribution in [1.82, 2.24) is 0 Å². The molecule has 2 N–H and O–H groups in total. The monoisotopic (exact) mass is 301 g/mol. The molecule has 0 radical (unpaired) electrons. The molecule has 1 aromatic carbocycles. The second kappa shape index (κ2) is 5.84. The molecular weight excluding hydrogens is 278 g/mol. The third-order valence-corrected chi connectivity index (χ3v) is 3.41. The van der Waals surface area contributed by atoms with Gasteiger partial charge < -0.3 is 10.2 Å². The number of phenols is 1. The van der Waals surface area contributed by atoms with E-state index in [9.17, 15) is 9.90 Å². The van der Waals surface area contributed by atoms with Crippen LogP contribution >= 0.6 is 0 Å². The molecule has 0 saturated heterocycles. The second-order valence-corrected chi connectivity index (χ2v) is 7.44. The summed E-state index contributed by atoms with van der Waals surface area (Å²) in [7, 11) is 0. The minimum absolute atomic E-state index is 0.228. The molecule has 118 valence electrons. The molecule has 4 heteroatoms. The quantitative estimate of drug-likeness (QED) is 0.639. The number of aliphatic carboxylic acids is 1. The largest absolute Gasteiger partial charge is 0.507 e. The van der Waals surface area contributed by atoms with Gasteiger partial charge in [-0.1, -0.05) is 41.5 Å². The smallest absolute Gasteiger partial charge is 0.346 e. The Labute approximate surface area is 131 Å². The number of rotatable bonds is 2. The molecule has 1 aromatic rings. The Hall–Kier alpha value is -2.28. The molecule has 0 spiro atoms. The highest BCUT2D eigenvalue weighted by Crippen LogP contribution is 2.40. The van der Waals surface area contributed by atoms with Gasteiger partial charge in [-0.2, -0.15) is 5.26 Å². The molecule has 0 aromatic heterocycles. The van der Waals surface area contributed by atoms with Crippen LogP contribution in [0.5, 0.6) is 5.75 Å². The van der Waals surface area contributed by atoms with Gasteiger partial charge in [0, 0.05) is 11.1 Å². The molecule has 4 nitrogen and oxygen atoms in total. The van der Waals surface area contributed by atoms with Crippen molar-refractivity contribution in [2.24, 2.45) is 0 Å². The van der Waals surface area contributed by atoms with E-state index in [0.717, 1.165) is 11.1 Å². The number of benzene rings is 1. The zero-order valence-corrected chi connectivity index (χ0v) is 14.0. The van der Waals surface area contributed by atoms with Crippen LogP contribution in [0.1, 0.15) is 58.2 Å². The van der Waals surface area contributed by atoms with Gasteiger partial charge in [-0.05, 0) is 34.6 Å². The minimum Gasteiger partial charge on any atom is -0.507 e. The van der Waals surface area contributed by atoms with Gasteiger partial charge in [-0.25, -0.2) is 4.79 Å². The first-order chi connectivity index (χ1) is 9.87. The Morgan fingerprint density at radius 3 is 1.77 bits per heavy atom. The van der Waals surface area contributed by atoms with Crippen molar-refractivity contribution in [2.75, 3.05) is 0 Å². The second-order valence-electron chi connectivity index (χ2n) is 7.44. The van der Waals surface area contributed by atoms with E-state index in [2.05, 4.69) is 0 Å². The predicted molar refractivity (Wildman–Crippen MR) is 86.7 cm³/mol. The molecular formula is C18H23NO3. The van der Waals surface area contributed by atoms with Crippen molar-refractivity contribution >= 4 is 12.0 Å². The zero-order chi connectivity index (χ0) is 17.3.